The van der Waals surface area contributed by atoms with Crippen LogP contribution in [-0.4, -0.2) is 28.4 Å². The number of benzene rings is 1. The summed E-state index contributed by atoms with van der Waals surface area (Å²) in [5.41, 5.74) is 0.197. The minimum Gasteiger partial charge on any atom is -0.508 e. The molecular weight excluding hydrogens is 280 g/mol. The van der Waals surface area contributed by atoms with Crippen LogP contribution in [0.25, 0.3) is 0 Å². The van der Waals surface area contributed by atoms with Crippen LogP contribution in [0.1, 0.15) is 57.1 Å². The van der Waals surface area contributed by atoms with Crippen LogP contribution in [0, 0.1) is 0 Å². The average Bonchev–Trinajstić information content (AvgIpc) is 2.52. The van der Waals surface area contributed by atoms with Gasteiger partial charge in [-0.2, -0.15) is 0 Å². The van der Waals surface area contributed by atoms with Crippen LogP contribution >= 0.6 is 0 Å². The molecule has 0 saturated heterocycles. The first-order valence-corrected chi connectivity index (χ1v) is 8.08. The second-order valence-corrected chi connectivity index (χ2v) is 6.16. The summed E-state index contributed by atoms with van der Waals surface area (Å²) in [4.78, 5) is 12.1. The fourth-order valence-corrected chi connectivity index (χ4v) is 2.97. The molecular formula is C17H26N2O3. The molecule has 2 amide bonds. The summed E-state index contributed by atoms with van der Waals surface area (Å²) in [5.74, 6) is 0.211. The van der Waals surface area contributed by atoms with E-state index in [2.05, 4.69) is 10.6 Å². The number of rotatable bonds is 5. The van der Waals surface area contributed by atoms with Gasteiger partial charge in [0.25, 0.3) is 0 Å². The highest BCUT2D eigenvalue weighted by Crippen LogP contribution is 2.27. The maximum Gasteiger partial charge on any atom is 0.315 e. The van der Waals surface area contributed by atoms with Gasteiger partial charge in [0.2, 0.25) is 0 Å². The topological polar surface area (TPSA) is 81.6 Å². The second kappa shape index (κ2) is 7.49. The van der Waals surface area contributed by atoms with E-state index >= 15 is 0 Å². The van der Waals surface area contributed by atoms with E-state index in [1.54, 1.807) is 24.3 Å². The van der Waals surface area contributed by atoms with E-state index in [-0.39, 0.29) is 17.8 Å². The molecule has 1 unspecified atom stereocenters. The smallest absolute Gasteiger partial charge is 0.315 e. The van der Waals surface area contributed by atoms with Crippen molar-refractivity contribution in [1.29, 1.82) is 0 Å². The van der Waals surface area contributed by atoms with Crippen molar-refractivity contribution in [2.75, 3.05) is 6.54 Å². The lowest BCUT2D eigenvalue weighted by atomic mass is 9.85. The van der Waals surface area contributed by atoms with Crippen molar-refractivity contribution in [3.8, 4) is 5.75 Å². The number of nitrogens with one attached hydrogen (secondary N) is 2. The summed E-state index contributed by atoms with van der Waals surface area (Å²) in [6, 6.07) is 6.46. The van der Waals surface area contributed by atoms with E-state index in [9.17, 15) is 15.0 Å². The van der Waals surface area contributed by atoms with Gasteiger partial charge in [-0.1, -0.05) is 38.3 Å². The molecule has 5 nitrogen and oxygen atoms in total. The number of carbonyl (C=O) groups excluding carboxylic acids is 1. The minimum absolute atomic E-state index is 0.110. The van der Waals surface area contributed by atoms with Gasteiger partial charge in [-0.3, -0.25) is 0 Å². The number of amides is 2. The Hall–Kier alpha value is -1.75. The second-order valence-electron chi connectivity index (χ2n) is 6.16. The third-order valence-electron chi connectivity index (χ3n) is 4.37. The van der Waals surface area contributed by atoms with Gasteiger partial charge in [0, 0.05) is 6.54 Å². The van der Waals surface area contributed by atoms with Crippen molar-refractivity contribution in [1.82, 2.24) is 10.6 Å². The molecule has 22 heavy (non-hydrogen) atoms. The Kier molecular flexibility index (Phi) is 5.66. The first kappa shape index (κ1) is 16.6. The Morgan fingerprint density at radius 1 is 1.23 bits per heavy atom. The number of phenolic OH excluding ortho intramolecular Hbond substituents is 1. The molecule has 0 aliphatic heterocycles. The highest BCUT2D eigenvalue weighted by atomic mass is 16.3. The monoisotopic (exact) mass is 306 g/mol. The Morgan fingerprint density at radius 3 is 2.45 bits per heavy atom. The molecule has 4 N–H and O–H groups in total. The van der Waals surface area contributed by atoms with Gasteiger partial charge in [0.1, 0.15) is 5.75 Å². The Morgan fingerprint density at radius 2 is 1.86 bits per heavy atom. The van der Waals surface area contributed by atoms with E-state index in [1.165, 1.54) is 0 Å². The zero-order valence-electron chi connectivity index (χ0n) is 13.1. The predicted octanol–water partition coefficient (Wildman–Crippen LogP) is 2.84. The molecule has 0 aromatic heterocycles. The van der Waals surface area contributed by atoms with E-state index in [0.717, 1.165) is 44.1 Å². The van der Waals surface area contributed by atoms with E-state index in [1.807, 2.05) is 6.92 Å². The number of aliphatic hydroxyl groups is 1. The van der Waals surface area contributed by atoms with Gasteiger partial charge in [-0.05, 0) is 37.0 Å². The molecule has 0 bridgehead atoms. The fraction of sp³-hybridized carbons (Fsp3) is 0.588. The SMILES string of the molecule is CCC(NC(=O)NCC1(O)CCCCC1)c1ccc(O)cc1. The first-order chi connectivity index (χ1) is 10.5. The summed E-state index contributed by atoms with van der Waals surface area (Å²) in [6.07, 6.45) is 5.45. The highest BCUT2D eigenvalue weighted by Gasteiger charge is 2.29. The maximum absolute atomic E-state index is 12.1. The molecule has 1 aliphatic rings. The van der Waals surface area contributed by atoms with Crippen LogP contribution in [0.4, 0.5) is 4.79 Å². The molecule has 1 atom stereocenters. The zero-order chi connectivity index (χ0) is 16.0. The van der Waals surface area contributed by atoms with Gasteiger partial charge in [0.15, 0.2) is 0 Å². The van der Waals surface area contributed by atoms with Crippen LogP contribution in [0.2, 0.25) is 0 Å². The number of hydrogen-bond acceptors (Lipinski definition) is 3. The molecule has 2 rings (SSSR count). The van der Waals surface area contributed by atoms with Crippen molar-refractivity contribution in [3.05, 3.63) is 29.8 Å². The number of carbonyl (C=O) groups is 1. The summed E-state index contributed by atoms with van der Waals surface area (Å²) in [6.45, 7) is 2.29. The lowest BCUT2D eigenvalue weighted by molar-refractivity contribution is 0.00712. The zero-order valence-corrected chi connectivity index (χ0v) is 13.1. The molecule has 0 heterocycles. The Labute approximate surface area is 131 Å². The number of aromatic hydroxyl groups is 1. The molecule has 0 radical (unpaired) electrons. The number of hydrogen-bond donors (Lipinski definition) is 4. The number of phenols is 1. The Balaban J connectivity index is 1.85. The third-order valence-corrected chi connectivity index (χ3v) is 4.37. The normalized spacial score (nSPS) is 18.5. The summed E-state index contributed by atoms with van der Waals surface area (Å²) in [7, 11) is 0. The van der Waals surface area contributed by atoms with Gasteiger partial charge in [-0.15, -0.1) is 0 Å². The van der Waals surface area contributed by atoms with Gasteiger partial charge >= 0.3 is 6.03 Å². The van der Waals surface area contributed by atoms with Gasteiger partial charge < -0.3 is 20.8 Å². The minimum atomic E-state index is -0.754. The first-order valence-electron chi connectivity index (χ1n) is 8.08. The van der Waals surface area contributed by atoms with Crippen molar-refractivity contribution in [2.45, 2.75) is 57.1 Å². The Bertz CT molecular complexity index is 481. The van der Waals surface area contributed by atoms with Gasteiger partial charge in [0.05, 0.1) is 11.6 Å². The van der Waals surface area contributed by atoms with Crippen molar-refractivity contribution >= 4 is 6.03 Å². The molecule has 122 valence electrons. The van der Waals surface area contributed by atoms with Crippen molar-refractivity contribution in [2.24, 2.45) is 0 Å². The molecule has 1 aromatic rings. The maximum atomic E-state index is 12.1. The molecule has 1 aromatic carbocycles. The lowest BCUT2D eigenvalue weighted by Crippen LogP contribution is -2.47. The standard InChI is InChI=1S/C17H26N2O3/c1-2-15(13-6-8-14(20)9-7-13)19-16(21)18-12-17(22)10-4-3-5-11-17/h6-9,15,20,22H,2-5,10-12H2,1H3,(H2,18,19,21). The van der Waals surface area contributed by atoms with E-state index < -0.39 is 5.60 Å². The van der Waals surface area contributed by atoms with E-state index in [0.29, 0.717) is 6.54 Å². The van der Waals surface area contributed by atoms with Crippen molar-refractivity contribution in [3.63, 3.8) is 0 Å². The molecule has 0 spiro atoms. The molecule has 1 aliphatic carbocycles. The van der Waals surface area contributed by atoms with Crippen LogP contribution in [0.5, 0.6) is 5.75 Å². The van der Waals surface area contributed by atoms with Crippen molar-refractivity contribution < 1.29 is 15.0 Å². The molecule has 5 heteroatoms. The lowest BCUT2D eigenvalue weighted by Gasteiger charge is -2.32. The predicted molar refractivity (Wildman–Crippen MR) is 85.7 cm³/mol. The third kappa shape index (κ3) is 4.63. The van der Waals surface area contributed by atoms with E-state index in [4.69, 9.17) is 0 Å². The van der Waals surface area contributed by atoms with Crippen LogP contribution in [-0.2, 0) is 0 Å². The number of urea groups is 1. The average molecular weight is 306 g/mol. The van der Waals surface area contributed by atoms with Crippen LogP contribution in [0.3, 0.4) is 0 Å². The summed E-state index contributed by atoms with van der Waals surface area (Å²) >= 11 is 0. The molecule has 1 fully saturated rings. The quantitative estimate of drug-likeness (QED) is 0.675. The van der Waals surface area contributed by atoms with Crippen LogP contribution in [0.15, 0.2) is 24.3 Å². The van der Waals surface area contributed by atoms with Gasteiger partial charge in [-0.25, -0.2) is 4.79 Å². The fourth-order valence-electron chi connectivity index (χ4n) is 2.97. The van der Waals surface area contributed by atoms with Crippen LogP contribution < -0.4 is 10.6 Å². The highest BCUT2D eigenvalue weighted by molar-refractivity contribution is 5.74. The molecule has 1 saturated carbocycles. The summed E-state index contributed by atoms with van der Waals surface area (Å²) < 4.78 is 0. The largest absolute Gasteiger partial charge is 0.508 e. The summed E-state index contributed by atoms with van der Waals surface area (Å²) in [5, 5.41) is 25.4.